The molecule has 4 atom stereocenters. The van der Waals surface area contributed by atoms with Crippen molar-refractivity contribution < 1.29 is 42.7 Å². The summed E-state index contributed by atoms with van der Waals surface area (Å²) in [6.45, 7) is 11.3. The highest BCUT2D eigenvalue weighted by atomic mass is 32.2. The Bertz CT molecular complexity index is 1380. The Hall–Kier alpha value is -1.33. The number of fused-ring (bicyclic) bond motifs is 1. The van der Waals surface area contributed by atoms with Crippen LogP contribution in [0.4, 0.5) is 5.95 Å². The molecular formula is C26H40N3O10PS3. The summed E-state index contributed by atoms with van der Waals surface area (Å²) >= 11 is 3.16. The number of nitrogens with two attached hydrogens (primary N) is 1. The number of nitrogens with zero attached hydrogens (tertiary/aromatic N) is 1. The fourth-order valence-electron chi connectivity index (χ4n) is 3.81. The van der Waals surface area contributed by atoms with Gasteiger partial charge in [-0.1, -0.05) is 65.1 Å². The van der Waals surface area contributed by atoms with Crippen LogP contribution in [0, 0.1) is 10.8 Å². The lowest BCUT2D eigenvalue weighted by Gasteiger charge is -2.26. The normalized spacial score (nSPS) is 23.2. The molecule has 0 aliphatic carbocycles. The number of aliphatic hydroxyl groups is 2. The van der Waals surface area contributed by atoms with Gasteiger partial charge in [0.2, 0.25) is 5.95 Å². The average Bonchev–Trinajstić information content (AvgIpc) is 3.40. The topological polar surface area (TPSA) is 200 Å². The molecule has 0 spiro atoms. The SMILES string of the molecule is CC(C)(C)C(=O)SCCOP(=O)(OCCSC(=O)C(C)(C)C)OC[C@H]1O[C@@H](c2scc3c(=O)[nH]c(N)nc23)[C@](C)(O)[C@@H]1O. The number of phosphoric acid groups is 1. The molecule has 1 aliphatic heterocycles. The highest BCUT2D eigenvalue weighted by molar-refractivity contribution is 8.14. The van der Waals surface area contributed by atoms with Gasteiger partial charge in [0, 0.05) is 27.7 Å². The first-order valence-electron chi connectivity index (χ1n) is 13.5. The lowest BCUT2D eigenvalue weighted by Crippen LogP contribution is -2.43. The van der Waals surface area contributed by atoms with E-state index in [0.717, 1.165) is 34.9 Å². The third-order valence-electron chi connectivity index (χ3n) is 6.29. The van der Waals surface area contributed by atoms with Crippen LogP contribution in [-0.4, -0.2) is 79.5 Å². The van der Waals surface area contributed by atoms with Gasteiger partial charge in [-0.15, -0.1) is 11.3 Å². The third-order valence-corrected chi connectivity index (χ3v) is 11.3. The van der Waals surface area contributed by atoms with Crippen molar-refractivity contribution >= 4 is 69.8 Å². The number of carbonyl (C=O) groups excluding carboxylic acids is 2. The van der Waals surface area contributed by atoms with E-state index >= 15 is 0 Å². The van der Waals surface area contributed by atoms with Crippen molar-refractivity contribution in [3.8, 4) is 0 Å². The van der Waals surface area contributed by atoms with E-state index in [9.17, 15) is 29.2 Å². The van der Waals surface area contributed by atoms with Gasteiger partial charge in [0.25, 0.3) is 5.56 Å². The van der Waals surface area contributed by atoms with Crippen LogP contribution in [0.25, 0.3) is 10.9 Å². The van der Waals surface area contributed by atoms with Crippen molar-refractivity contribution in [3.05, 3.63) is 20.6 Å². The summed E-state index contributed by atoms with van der Waals surface area (Å²) in [5.41, 5.74) is 2.51. The number of thioether (sulfide) groups is 2. The second-order valence-electron chi connectivity index (χ2n) is 12.2. The van der Waals surface area contributed by atoms with Crippen LogP contribution < -0.4 is 11.3 Å². The Balaban J connectivity index is 1.71. The minimum absolute atomic E-state index is 0.0695. The minimum atomic E-state index is -4.27. The second-order valence-corrected chi connectivity index (χ2v) is 16.9. The maximum absolute atomic E-state index is 13.6. The molecule has 5 N–H and O–H groups in total. The van der Waals surface area contributed by atoms with Crippen LogP contribution in [0.5, 0.6) is 0 Å². The summed E-state index contributed by atoms with van der Waals surface area (Å²) in [6.07, 6.45) is -3.79. The number of rotatable bonds is 12. The van der Waals surface area contributed by atoms with E-state index in [4.69, 9.17) is 24.0 Å². The Labute approximate surface area is 262 Å². The molecule has 2 aromatic rings. The number of aliphatic hydroxyl groups excluding tert-OH is 1. The molecule has 0 bridgehead atoms. The third kappa shape index (κ3) is 9.12. The molecule has 0 amide bonds. The van der Waals surface area contributed by atoms with Gasteiger partial charge in [-0.25, -0.2) is 9.55 Å². The van der Waals surface area contributed by atoms with Crippen molar-refractivity contribution in [2.24, 2.45) is 10.8 Å². The first kappa shape index (κ1) is 36.1. The molecule has 43 heavy (non-hydrogen) atoms. The lowest BCUT2D eigenvalue weighted by atomic mass is 9.92. The highest BCUT2D eigenvalue weighted by Crippen LogP contribution is 2.52. The molecule has 2 aromatic heterocycles. The molecule has 1 saturated heterocycles. The first-order chi connectivity index (χ1) is 19.8. The van der Waals surface area contributed by atoms with E-state index in [2.05, 4.69) is 9.97 Å². The van der Waals surface area contributed by atoms with Gasteiger partial charge in [-0.05, 0) is 6.92 Å². The number of thiophene rings is 1. The first-order valence-corrected chi connectivity index (χ1v) is 17.8. The number of anilines is 1. The predicted molar refractivity (Wildman–Crippen MR) is 168 cm³/mol. The van der Waals surface area contributed by atoms with Crippen LogP contribution in [0.2, 0.25) is 0 Å². The van der Waals surface area contributed by atoms with Crippen LogP contribution >= 0.6 is 42.7 Å². The summed E-state index contributed by atoms with van der Waals surface area (Å²) < 4.78 is 36.1. The van der Waals surface area contributed by atoms with Gasteiger partial charge < -0.3 is 20.7 Å². The molecule has 13 nitrogen and oxygen atoms in total. The summed E-state index contributed by atoms with van der Waals surface area (Å²) in [5.74, 6) is 0.254. The van der Waals surface area contributed by atoms with Gasteiger partial charge in [-0.2, -0.15) is 0 Å². The zero-order valence-electron chi connectivity index (χ0n) is 25.2. The molecule has 3 rings (SSSR count). The van der Waals surface area contributed by atoms with E-state index in [1.54, 1.807) is 46.9 Å². The van der Waals surface area contributed by atoms with Gasteiger partial charge in [0.05, 0.1) is 35.6 Å². The standard InChI is InChI=1S/C26H40N3O10PS3/c1-24(2,3)21(32)41-10-8-36-40(35,37-9-11-42-22(33)25(4,5)6)38-12-15-18(30)26(7,34)19(39-15)17-16-14(13-43-17)20(31)29-23(27)28-16/h13,15,18-19,30,34H,8-12H2,1-7H3,(H3,27,28,29,31)/t15-,18-,19+,26-/m1/s1. The number of ether oxygens (including phenoxy) is 1. The molecule has 0 saturated carbocycles. The monoisotopic (exact) mass is 681 g/mol. The number of hydrogen-bond donors (Lipinski definition) is 4. The molecular weight excluding hydrogens is 641 g/mol. The molecule has 1 fully saturated rings. The number of carbonyl (C=O) groups is 2. The Kier molecular flexibility index (Phi) is 11.7. The van der Waals surface area contributed by atoms with E-state index in [0.29, 0.717) is 4.88 Å². The zero-order valence-corrected chi connectivity index (χ0v) is 28.5. The quantitative estimate of drug-likeness (QED) is 0.186. The molecule has 1 aliphatic rings. The van der Waals surface area contributed by atoms with E-state index in [1.165, 1.54) is 6.92 Å². The Morgan fingerprint density at radius 2 is 1.65 bits per heavy atom. The molecule has 0 unspecified atom stereocenters. The molecule has 0 radical (unpaired) electrons. The number of hydrogen-bond acceptors (Lipinski definition) is 15. The maximum Gasteiger partial charge on any atom is 0.474 e. The van der Waals surface area contributed by atoms with Gasteiger partial charge >= 0.3 is 7.82 Å². The van der Waals surface area contributed by atoms with Crippen LogP contribution in [0.3, 0.4) is 0 Å². The number of phosphoric ester groups is 1. The van der Waals surface area contributed by atoms with Crippen LogP contribution in [0.15, 0.2) is 10.2 Å². The maximum atomic E-state index is 13.6. The fraction of sp³-hybridized carbons (Fsp3) is 0.692. The number of nitrogens with one attached hydrogen (secondary N) is 1. The summed E-state index contributed by atoms with van der Waals surface area (Å²) in [4.78, 5) is 43.7. The fourth-order valence-corrected chi connectivity index (χ4v) is 7.96. The van der Waals surface area contributed by atoms with Gasteiger partial charge in [-0.3, -0.25) is 32.9 Å². The van der Waals surface area contributed by atoms with Crippen molar-refractivity contribution in [1.29, 1.82) is 0 Å². The minimum Gasteiger partial charge on any atom is -0.387 e. The summed E-state index contributed by atoms with van der Waals surface area (Å²) in [5, 5.41) is 23.8. The number of aromatic amines is 1. The van der Waals surface area contributed by atoms with Crippen molar-refractivity contribution in [1.82, 2.24) is 9.97 Å². The highest BCUT2D eigenvalue weighted by Gasteiger charge is 2.54. The summed E-state index contributed by atoms with van der Waals surface area (Å²) in [7, 11) is -4.27. The molecule has 3 heterocycles. The number of H-pyrrole nitrogens is 1. The van der Waals surface area contributed by atoms with Crippen molar-refractivity contribution in [3.63, 3.8) is 0 Å². The molecule has 17 heteroatoms. The van der Waals surface area contributed by atoms with E-state index in [1.807, 2.05) is 0 Å². The molecule has 0 aromatic carbocycles. The van der Waals surface area contributed by atoms with Crippen molar-refractivity contribution in [2.45, 2.75) is 72.4 Å². The lowest BCUT2D eigenvalue weighted by molar-refractivity contribution is -0.118. The number of nitrogen functional groups attached to an aromatic ring is 1. The van der Waals surface area contributed by atoms with Gasteiger partial charge in [0.15, 0.2) is 10.2 Å². The average molecular weight is 682 g/mol. The Morgan fingerprint density at radius 1 is 1.12 bits per heavy atom. The van der Waals surface area contributed by atoms with E-state index < -0.39 is 54.7 Å². The second kappa shape index (κ2) is 14.0. The predicted octanol–water partition coefficient (Wildman–Crippen LogP) is 3.89. The van der Waals surface area contributed by atoms with E-state index in [-0.39, 0.29) is 51.8 Å². The molecule has 242 valence electrons. The Morgan fingerprint density at radius 3 is 2.16 bits per heavy atom. The van der Waals surface area contributed by atoms with Crippen LogP contribution in [0.1, 0.15) is 59.4 Å². The zero-order chi connectivity index (χ0) is 32.4. The largest absolute Gasteiger partial charge is 0.474 e. The smallest absolute Gasteiger partial charge is 0.387 e. The van der Waals surface area contributed by atoms with Crippen molar-refractivity contribution in [2.75, 3.05) is 37.1 Å². The van der Waals surface area contributed by atoms with Crippen LogP contribution in [-0.2, 0) is 32.5 Å². The van der Waals surface area contributed by atoms with Gasteiger partial charge in [0.1, 0.15) is 23.9 Å². The summed E-state index contributed by atoms with van der Waals surface area (Å²) in [6, 6.07) is 0. The number of aromatic nitrogens is 2.